The Morgan fingerprint density at radius 2 is 2.25 bits per heavy atom. The lowest BCUT2D eigenvalue weighted by molar-refractivity contribution is 0.0930. The van der Waals surface area contributed by atoms with Gasteiger partial charge in [-0.3, -0.25) is 14.5 Å². The highest BCUT2D eigenvalue weighted by molar-refractivity contribution is 9.10. The molecule has 2 aromatic rings. The van der Waals surface area contributed by atoms with Crippen molar-refractivity contribution in [2.75, 3.05) is 6.54 Å². The predicted molar refractivity (Wildman–Crippen MR) is 86.3 cm³/mol. The van der Waals surface area contributed by atoms with Crippen LogP contribution in [-0.2, 0) is 6.54 Å². The van der Waals surface area contributed by atoms with E-state index in [1.165, 1.54) is 17.3 Å². The maximum Gasteiger partial charge on any atom is 0.407 e. The second-order valence-electron chi connectivity index (χ2n) is 5.48. The Kier molecular flexibility index (Phi) is 4.74. The Morgan fingerprint density at radius 1 is 1.42 bits per heavy atom. The fraction of sp³-hybridized carbons (Fsp3) is 0.357. The van der Waals surface area contributed by atoms with Crippen LogP contribution in [0.1, 0.15) is 16.9 Å². The number of aromatic nitrogens is 4. The minimum absolute atomic E-state index is 0.231. The van der Waals surface area contributed by atoms with Gasteiger partial charge in [0.25, 0.3) is 5.91 Å². The molecule has 24 heavy (non-hydrogen) atoms. The predicted octanol–water partition coefficient (Wildman–Crippen LogP) is 0.986. The molecule has 0 aliphatic carbocycles. The van der Waals surface area contributed by atoms with Crippen LogP contribution in [0.2, 0.25) is 0 Å². The van der Waals surface area contributed by atoms with Crippen LogP contribution in [0.5, 0.6) is 0 Å². The van der Waals surface area contributed by atoms with E-state index < -0.39 is 6.09 Å². The molecule has 2 amide bonds. The number of halogens is 1. The number of amides is 2. The molecule has 0 unspecified atom stereocenters. The van der Waals surface area contributed by atoms with Gasteiger partial charge in [-0.25, -0.2) is 4.79 Å². The molecule has 1 aliphatic rings. The Balaban J connectivity index is 1.66. The van der Waals surface area contributed by atoms with Crippen LogP contribution in [0.4, 0.5) is 4.79 Å². The molecule has 0 saturated carbocycles. The van der Waals surface area contributed by atoms with Crippen molar-refractivity contribution in [3.8, 4) is 0 Å². The fourth-order valence-electron chi connectivity index (χ4n) is 2.76. The van der Waals surface area contributed by atoms with Crippen LogP contribution in [0.25, 0.3) is 0 Å². The standard InChI is InChI=1S/C14H15BrN6O3/c15-9-1-2-16-12(5-9)13(22)18-10-6-11(21(7-10)14(23)24)8-20-4-3-17-19-20/h1-5,10-11H,6-8H2,(H,18,22)(H,23,24)/t10-,11+/m1/s1. The van der Waals surface area contributed by atoms with E-state index in [2.05, 4.69) is 36.5 Å². The Labute approximate surface area is 145 Å². The van der Waals surface area contributed by atoms with Gasteiger partial charge >= 0.3 is 6.09 Å². The highest BCUT2D eigenvalue weighted by atomic mass is 79.9. The number of rotatable bonds is 4. The van der Waals surface area contributed by atoms with Crippen molar-refractivity contribution < 1.29 is 14.7 Å². The second-order valence-corrected chi connectivity index (χ2v) is 6.39. The van der Waals surface area contributed by atoms with Gasteiger partial charge in [-0.15, -0.1) is 5.10 Å². The minimum atomic E-state index is -1.02. The van der Waals surface area contributed by atoms with Crippen LogP contribution in [-0.4, -0.2) is 60.6 Å². The molecular formula is C14H15BrN6O3. The summed E-state index contributed by atoms with van der Waals surface area (Å²) in [5.41, 5.74) is 0.283. The lowest BCUT2D eigenvalue weighted by Crippen LogP contribution is -2.39. The first kappa shape index (κ1) is 16.4. The van der Waals surface area contributed by atoms with Crippen molar-refractivity contribution in [3.63, 3.8) is 0 Å². The number of nitrogens with one attached hydrogen (secondary N) is 1. The summed E-state index contributed by atoms with van der Waals surface area (Å²) in [6.45, 7) is 0.627. The largest absolute Gasteiger partial charge is 0.465 e. The minimum Gasteiger partial charge on any atom is -0.465 e. The lowest BCUT2D eigenvalue weighted by Gasteiger charge is -2.20. The Hall–Kier alpha value is -2.49. The van der Waals surface area contributed by atoms with E-state index in [-0.39, 0.29) is 30.2 Å². The summed E-state index contributed by atoms with van der Waals surface area (Å²) >= 11 is 3.29. The Bertz CT molecular complexity index is 738. The fourth-order valence-corrected chi connectivity index (χ4v) is 3.10. The van der Waals surface area contributed by atoms with Gasteiger partial charge < -0.3 is 15.3 Å². The molecule has 1 fully saturated rings. The average molecular weight is 395 g/mol. The highest BCUT2D eigenvalue weighted by Gasteiger charge is 2.36. The van der Waals surface area contributed by atoms with Gasteiger partial charge in [-0.1, -0.05) is 21.1 Å². The second kappa shape index (κ2) is 6.95. The maximum atomic E-state index is 12.3. The van der Waals surface area contributed by atoms with Crippen LogP contribution in [0, 0.1) is 0 Å². The summed E-state index contributed by atoms with van der Waals surface area (Å²) in [6.07, 6.45) is 4.24. The van der Waals surface area contributed by atoms with E-state index >= 15 is 0 Å². The normalized spacial score (nSPS) is 20.1. The topological polar surface area (TPSA) is 113 Å². The van der Waals surface area contributed by atoms with Crippen molar-refractivity contribution in [3.05, 3.63) is 40.9 Å². The van der Waals surface area contributed by atoms with E-state index in [0.29, 0.717) is 13.0 Å². The third-order valence-electron chi connectivity index (χ3n) is 3.82. The summed E-state index contributed by atoms with van der Waals surface area (Å²) in [5, 5.41) is 19.8. The van der Waals surface area contributed by atoms with Crippen LogP contribution < -0.4 is 5.32 Å². The first-order chi connectivity index (χ1) is 11.5. The van der Waals surface area contributed by atoms with E-state index in [1.807, 2.05) is 0 Å². The summed E-state index contributed by atoms with van der Waals surface area (Å²) in [6, 6.07) is 2.80. The van der Waals surface area contributed by atoms with Gasteiger partial charge in [0.1, 0.15) is 5.69 Å². The molecule has 126 valence electrons. The number of carboxylic acid groups (broad SMARTS) is 1. The Morgan fingerprint density at radius 3 is 2.92 bits per heavy atom. The third-order valence-corrected chi connectivity index (χ3v) is 4.31. The van der Waals surface area contributed by atoms with Crippen molar-refractivity contribution in [1.82, 2.24) is 30.2 Å². The van der Waals surface area contributed by atoms with Gasteiger partial charge in [-0.05, 0) is 18.6 Å². The molecule has 2 N–H and O–H groups in total. The van der Waals surface area contributed by atoms with Gasteiger partial charge in [0, 0.05) is 29.5 Å². The maximum absolute atomic E-state index is 12.3. The molecule has 0 bridgehead atoms. The zero-order valence-corrected chi connectivity index (χ0v) is 14.1. The van der Waals surface area contributed by atoms with Crippen LogP contribution in [0.15, 0.2) is 35.2 Å². The molecule has 0 aromatic carbocycles. The van der Waals surface area contributed by atoms with Gasteiger partial charge in [0.05, 0.1) is 18.8 Å². The van der Waals surface area contributed by atoms with E-state index in [4.69, 9.17) is 0 Å². The lowest BCUT2D eigenvalue weighted by atomic mass is 10.1. The summed E-state index contributed by atoms with van der Waals surface area (Å²) < 4.78 is 2.34. The summed E-state index contributed by atoms with van der Waals surface area (Å²) in [5.74, 6) is -0.326. The van der Waals surface area contributed by atoms with Crippen molar-refractivity contribution in [2.24, 2.45) is 0 Å². The monoisotopic (exact) mass is 394 g/mol. The zero-order chi connectivity index (χ0) is 17.1. The SMILES string of the molecule is O=C(N[C@@H]1C[C@@H](Cn2ccnn2)N(C(=O)O)C1)c1cc(Br)ccn1. The number of nitrogens with zero attached hydrogens (tertiary/aromatic N) is 5. The van der Waals surface area contributed by atoms with Crippen molar-refractivity contribution in [1.29, 1.82) is 0 Å². The molecule has 1 saturated heterocycles. The van der Waals surface area contributed by atoms with Gasteiger partial charge in [0.2, 0.25) is 0 Å². The first-order valence-electron chi connectivity index (χ1n) is 7.29. The summed E-state index contributed by atoms with van der Waals surface area (Å²) in [4.78, 5) is 29.0. The number of carbonyl (C=O) groups is 2. The molecule has 10 heteroatoms. The number of hydrogen-bond acceptors (Lipinski definition) is 5. The molecule has 3 heterocycles. The molecule has 2 atom stereocenters. The third kappa shape index (κ3) is 3.70. The molecule has 3 rings (SSSR count). The van der Waals surface area contributed by atoms with E-state index in [1.54, 1.807) is 23.0 Å². The molecule has 1 aliphatic heterocycles. The number of hydrogen-bond donors (Lipinski definition) is 2. The molecule has 0 radical (unpaired) electrons. The van der Waals surface area contributed by atoms with Crippen LogP contribution >= 0.6 is 15.9 Å². The van der Waals surface area contributed by atoms with E-state index in [9.17, 15) is 14.7 Å². The average Bonchev–Trinajstić information content (AvgIpc) is 3.17. The van der Waals surface area contributed by atoms with Crippen molar-refractivity contribution >= 4 is 27.9 Å². The smallest absolute Gasteiger partial charge is 0.407 e. The van der Waals surface area contributed by atoms with Gasteiger partial charge in [-0.2, -0.15) is 0 Å². The van der Waals surface area contributed by atoms with Crippen molar-refractivity contribution in [2.45, 2.75) is 25.0 Å². The first-order valence-corrected chi connectivity index (χ1v) is 8.08. The quantitative estimate of drug-likeness (QED) is 0.798. The molecule has 2 aromatic heterocycles. The zero-order valence-electron chi connectivity index (χ0n) is 12.5. The number of pyridine rings is 1. The molecular weight excluding hydrogens is 380 g/mol. The van der Waals surface area contributed by atoms with E-state index in [0.717, 1.165) is 4.47 Å². The molecule has 0 spiro atoms. The summed E-state index contributed by atoms with van der Waals surface area (Å²) in [7, 11) is 0. The number of carbonyl (C=O) groups excluding carboxylic acids is 1. The van der Waals surface area contributed by atoms with Gasteiger partial charge in [0.15, 0.2) is 0 Å². The molecule has 9 nitrogen and oxygen atoms in total. The van der Waals surface area contributed by atoms with Crippen LogP contribution in [0.3, 0.4) is 0 Å². The highest BCUT2D eigenvalue weighted by Crippen LogP contribution is 2.20. The number of likely N-dealkylation sites (tertiary alicyclic amines) is 1.